The van der Waals surface area contributed by atoms with Gasteiger partial charge in [0.15, 0.2) is 0 Å². The average molecular weight is 255 g/mol. The summed E-state index contributed by atoms with van der Waals surface area (Å²) in [6.07, 6.45) is 0.821. The molecule has 0 aliphatic heterocycles. The van der Waals surface area contributed by atoms with Crippen LogP contribution in [0.25, 0.3) is 0 Å². The Bertz CT molecular complexity index is 354. The molecule has 0 radical (unpaired) electrons. The summed E-state index contributed by atoms with van der Waals surface area (Å²) in [5.41, 5.74) is -0.450. The number of likely N-dealkylation sites (N-methyl/N-ethyl adjacent to an activating group) is 1. The molecule has 5 heteroatoms. The van der Waals surface area contributed by atoms with Crippen LogP contribution >= 0.6 is 0 Å². The molecule has 0 fully saturated rings. The van der Waals surface area contributed by atoms with E-state index in [1.165, 1.54) is 0 Å². The third-order valence-electron chi connectivity index (χ3n) is 3.17. The molecular formula is C13H25N3O2. The minimum Gasteiger partial charge on any atom is -0.367 e. The maximum atomic E-state index is 5.74. The Labute approximate surface area is 109 Å². The van der Waals surface area contributed by atoms with E-state index in [0.717, 1.165) is 19.5 Å². The summed E-state index contributed by atoms with van der Waals surface area (Å²) < 4.78 is 11.1. The van der Waals surface area contributed by atoms with Gasteiger partial charge in [-0.1, -0.05) is 25.9 Å². The van der Waals surface area contributed by atoms with E-state index < -0.39 is 5.60 Å². The smallest absolute Gasteiger partial charge is 0.230 e. The largest absolute Gasteiger partial charge is 0.367 e. The second-order valence-corrected chi connectivity index (χ2v) is 4.68. The second-order valence-electron chi connectivity index (χ2n) is 4.68. The zero-order valence-corrected chi connectivity index (χ0v) is 12.1. The molecule has 0 bridgehead atoms. The number of nitrogens with zero attached hydrogens (tertiary/aromatic N) is 2. The number of rotatable bonds is 8. The molecule has 1 aromatic rings. The van der Waals surface area contributed by atoms with Crippen molar-refractivity contribution in [2.24, 2.45) is 0 Å². The van der Waals surface area contributed by atoms with Crippen LogP contribution in [0, 0.1) is 0 Å². The topological polar surface area (TPSA) is 60.2 Å². The van der Waals surface area contributed by atoms with E-state index in [0.29, 0.717) is 18.3 Å². The first-order chi connectivity index (χ1) is 8.57. The number of nitrogens with one attached hydrogen (secondary N) is 1. The van der Waals surface area contributed by atoms with Gasteiger partial charge < -0.3 is 14.6 Å². The molecule has 1 aromatic heterocycles. The summed E-state index contributed by atoms with van der Waals surface area (Å²) in [5.74, 6) is 1.53. The highest BCUT2D eigenvalue weighted by Gasteiger charge is 2.31. The van der Waals surface area contributed by atoms with Gasteiger partial charge in [-0.15, -0.1) is 0 Å². The lowest BCUT2D eigenvalue weighted by Crippen LogP contribution is -2.27. The van der Waals surface area contributed by atoms with Crippen molar-refractivity contribution >= 4 is 0 Å². The summed E-state index contributed by atoms with van der Waals surface area (Å²) in [4.78, 5) is 4.48. The van der Waals surface area contributed by atoms with Crippen molar-refractivity contribution < 1.29 is 9.26 Å². The summed E-state index contributed by atoms with van der Waals surface area (Å²) >= 11 is 0. The summed E-state index contributed by atoms with van der Waals surface area (Å²) in [7, 11) is 0. The first-order valence-electron chi connectivity index (χ1n) is 6.76. The molecule has 18 heavy (non-hydrogen) atoms. The van der Waals surface area contributed by atoms with Gasteiger partial charge in [0.2, 0.25) is 11.7 Å². The summed E-state index contributed by atoms with van der Waals surface area (Å²) in [6, 6.07) is 0. The SMILES string of the molecule is CCNCC(C)c1nc(C(C)(CC)OCC)no1. The first-order valence-corrected chi connectivity index (χ1v) is 6.76. The van der Waals surface area contributed by atoms with Crippen LogP contribution in [0.4, 0.5) is 0 Å². The number of ether oxygens (including phenoxy) is 1. The van der Waals surface area contributed by atoms with Gasteiger partial charge in [0.25, 0.3) is 0 Å². The molecule has 1 N–H and O–H groups in total. The van der Waals surface area contributed by atoms with Crippen LogP contribution in [0.15, 0.2) is 4.52 Å². The van der Waals surface area contributed by atoms with Gasteiger partial charge in [0.05, 0.1) is 0 Å². The quantitative estimate of drug-likeness (QED) is 0.773. The van der Waals surface area contributed by atoms with Crippen molar-refractivity contribution in [2.75, 3.05) is 19.7 Å². The number of hydrogen-bond acceptors (Lipinski definition) is 5. The van der Waals surface area contributed by atoms with E-state index in [1.54, 1.807) is 0 Å². The van der Waals surface area contributed by atoms with Gasteiger partial charge in [0.1, 0.15) is 5.60 Å². The van der Waals surface area contributed by atoms with Gasteiger partial charge in [-0.25, -0.2) is 0 Å². The van der Waals surface area contributed by atoms with E-state index in [9.17, 15) is 0 Å². The van der Waals surface area contributed by atoms with Crippen molar-refractivity contribution in [3.05, 3.63) is 11.7 Å². The fourth-order valence-corrected chi connectivity index (χ4v) is 1.74. The Morgan fingerprint density at radius 1 is 1.39 bits per heavy atom. The van der Waals surface area contributed by atoms with Gasteiger partial charge in [-0.3, -0.25) is 0 Å². The predicted octanol–water partition coefficient (Wildman–Crippen LogP) is 2.44. The molecule has 0 aliphatic carbocycles. The standard InChI is InChI=1S/C13H25N3O2/c1-6-13(5,17-8-3)12-15-11(18-16-12)10(4)9-14-7-2/h10,14H,6-9H2,1-5H3. The van der Waals surface area contributed by atoms with Crippen LogP contribution in [-0.2, 0) is 10.3 Å². The Kier molecular flexibility index (Phi) is 5.75. The van der Waals surface area contributed by atoms with E-state index >= 15 is 0 Å². The molecule has 104 valence electrons. The minimum absolute atomic E-state index is 0.217. The average Bonchev–Trinajstić information content (AvgIpc) is 2.86. The summed E-state index contributed by atoms with van der Waals surface area (Å²) in [5, 5.41) is 7.34. The van der Waals surface area contributed by atoms with E-state index in [2.05, 4.69) is 36.2 Å². The maximum Gasteiger partial charge on any atom is 0.230 e. The van der Waals surface area contributed by atoms with E-state index in [4.69, 9.17) is 9.26 Å². The zero-order chi connectivity index (χ0) is 13.6. The van der Waals surface area contributed by atoms with E-state index in [-0.39, 0.29) is 5.92 Å². The van der Waals surface area contributed by atoms with E-state index in [1.807, 2.05) is 13.8 Å². The van der Waals surface area contributed by atoms with Crippen LogP contribution in [0.5, 0.6) is 0 Å². The molecule has 0 aliphatic rings. The minimum atomic E-state index is -0.450. The maximum absolute atomic E-state index is 5.74. The van der Waals surface area contributed by atoms with Crippen molar-refractivity contribution in [3.63, 3.8) is 0 Å². The Morgan fingerprint density at radius 3 is 2.67 bits per heavy atom. The molecule has 0 aromatic carbocycles. The molecule has 5 nitrogen and oxygen atoms in total. The lowest BCUT2D eigenvalue weighted by molar-refractivity contribution is -0.0403. The molecule has 0 amide bonds. The Hall–Kier alpha value is -0.940. The van der Waals surface area contributed by atoms with Gasteiger partial charge in [-0.2, -0.15) is 4.98 Å². The molecule has 0 saturated carbocycles. The molecule has 0 saturated heterocycles. The van der Waals surface area contributed by atoms with Crippen molar-refractivity contribution in [2.45, 2.75) is 52.6 Å². The third-order valence-corrected chi connectivity index (χ3v) is 3.17. The Morgan fingerprint density at radius 2 is 2.11 bits per heavy atom. The predicted molar refractivity (Wildman–Crippen MR) is 70.5 cm³/mol. The van der Waals surface area contributed by atoms with Crippen LogP contribution in [0.3, 0.4) is 0 Å². The molecular weight excluding hydrogens is 230 g/mol. The molecule has 1 rings (SSSR count). The van der Waals surface area contributed by atoms with Crippen molar-refractivity contribution in [3.8, 4) is 0 Å². The molecule has 2 unspecified atom stereocenters. The van der Waals surface area contributed by atoms with Gasteiger partial charge >= 0.3 is 0 Å². The van der Waals surface area contributed by atoms with Crippen LogP contribution < -0.4 is 5.32 Å². The highest BCUT2D eigenvalue weighted by atomic mass is 16.5. The van der Waals surface area contributed by atoms with Crippen LogP contribution in [0.2, 0.25) is 0 Å². The second kappa shape index (κ2) is 6.85. The highest BCUT2D eigenvalue weighted by Crippen LogP contribution is 2.27. The van der Waals surface area contributed by atoms with Crippen LogP contribution in [-0.4, -0.2) is 29.8 Å². The summed E-state index contributed by atoms with van der Waals surface area (Å²) in [6.45, 7) is 12.6. The lowest BCUT2D eigenvalue weighted by Gasteiger charge is -2.23. The molecule has 1 heterocycles. The molecule has 2 atom stereocenters. The van der Waals surface area contributed by atoms with Crippen molar-refractivity contribution in [1.29, 1.82) is 0 Å². The lowest BCUT2D eigenvalue weighted by atomic mass is 10.0. The monoisotopic (exact) mass is 255 g/mol. The molecule has 0 spiro atoms. The highest BCUT2D eigenvalue weighted by molar-refractivity contribution is 5.01. The normalized spacial score (nSPS) is 16.5. The van der Waals surface area contributed by atoms with Gasteiger partial charge in [-0.05, 0) is 26.8 Å². The Balaban J connectivity index is 2.78. The number of hydrogen-bond donors (Lipinski definition) is 1. The van der Waals surface area contributed by atoms with Crippen LogP contribution in [0.1, 0.15) is 58.7 Å². The third kappa shape index (κ3) is 3.53. The fourth-order valence-electron chi connectivity index (χ4n) is 1.74. The first kappa shape index (κ1) is 15.1. The fraction of sp³-hybridized carbons (Fsp3) is 0.846. The zero-order valence-electron chi connectivity index (χ0n) is 12.1. The number of aromatic nitrogens is 2. The van der Waals surface area contributed by atoms with Crippen molar-refractivity contribution in [1.82, 2.24) is 15.5 Å². The van der Waals surface area contributed by atoms with Gasteiger partial charge in [0, 0.05) is 19.1 Å².